The van der Waals surface area contributed by atoms with Crippen molar-refractivity contribution in [1.29, 1.82) is 0 Å². The van der Waals surface area contributed by atoms with Gasteiger partial charge in [0.2, 0.25) is 0 Å². The lowest BCUT2D eigenvalue weighted by atomic mass is 10.3. The van der Waals surface area contributed by atoms with Crippen LogP contribution in [-0.2, 0) is 6.54 Å². The van der Waals surface area contributed by atoms with E-state index in [-0.39, 0.29) is 5.69 Å². The zero-order valence-electron chi connectivity index (χ0n) is 9.06. The predicted octanol–water partition coefficient (Wildman–Crippen LogP) is 4.24. The van der Waals surface area contributed by atoms with Gasteiger partial charge in [0, 0.05) is 10.5 Å². The molecule has 1 heterocycles. The Morgan fingerprint density at radius 2 is 2.06 bits per heavy atom. The van der Waals surface area contributed by atoms with Crippen molar-refractivity contribution >= 4 is 21.6 Å². The van der Waals surface area contributed by atoms with Gasteiger partial charge in [-0.15, -0.1) is 0 Å². The zero-order chi connectivity index (χ0) is 12.4. The second kappa shape index (κ2) is 4.87. The van der Waals surface area contributed by atoms with E-state index in [1.807, 2.05) is 13.0 Å². The highest BCUT2D eigenvalue weighted by atomic mass is 79.9. The van der Waals surface area contributed by atoms with E-state index in [4.69, 9.17) is 4.42 Å². The molecule has 0 saturated heterocycles. The van der Waals surface area contributed by atoms with Crippen molar-refractivity contribution in [2.24, 2.45) is 0 Å². The van der Waals surface area contributed by atoms with Crippen molar-refractivity contribution in [3.63, 3.8) is 0 Å². The molecule has 5 heteroatoms. The van der Waals surface area contributed by atoms with E-state index in [9.17, 15) is 8.78 Å². The Morgan fingerprint density at radius 3 is 2.65 bits per heavy atom. The summed E-state index contributed by atoms with van der Waals surface area (Å²) in [5.41, 5.74) is 0.223. The summed E-state index contributed by atoms with van der Waals surface area (Å²) in [4.78, 5) is 0. The molecular formula is C12H10BrF2NO. The molecule has 0 fully saturated rings. The summed E-state index contributed by atoms with van der Waals surface area (Å²) in [6.45, 7) is 2.17. The Morgan fingerprint density at radius 1 is 1.29 bits per heavy atom. The van der Waals surface area contributed by atoms with Gasteiger partial charge in [0.25, 0.3) is 0 Å². The van der Waals surface area contributed by atoms with Crippen molar-refractivity contribution in [3.05, 3.63) is 51.9 Å². The molecule has 1 N–H and O–H groups in total. The molecule has 1 aromatic heterocycles. The van der Waals surface area contributed by atoms with Crippen molar-refractivity contribution in [3.8, 4) is 0 Å². The van der Waals surface area contributed by atoms with Crippen molar-refractivity contribution in [1.82, 2.24) is 0 Å². The second-order valence-corrected chi connectivity index (χ2v) is 4.46. The third-order valence-electron chi connectivity index (χ3n) is 2.24. The molecule has 0 aliphatic rings. The van der Waals surface area contributed by atoms with E-state index < -0.39 is 11.6 Å². The van der Waals surface area contributed by atoms with Gasteiger partial charge in [0.05, 0.1) is 12.2 Å². The first kappa shape index (κ1) is 12.1. The van der Waals surface area contributed by atoms with E-state index in [0.717, 1.165) is 11.8 Å². The van der Waals surface area contributed by atoms with Gasteiger partial charge < -0.3 is 9.73 Å². The fourth-order valence-corrected chi connectivity index (χ4v) is 2.01. The minimum absolute atomic E-state index is 0.223. The number of nitrogens with one attached hydrogen (secondary N) is 1. The topological polar surface area (TPSA) is 25.2 Å². The number of halogens is 3. The molecule has 1 aromatic carbocycles. The Balaban J connectivity index is 2.14. The van der Waals surface area contributed by atoms with Crippen molar-refractivity contribution in [2.75, 3.05) is 5.32 Å². The molecule has 0 amide bonds. The minimum Gasteiger partial charge on any atom is -0.465 e. The van der Waals surface area contributed by atoms with Gasteiger partial charge in [-0.3, -0.25) is 0 Å². The number of benzene rings is 1. The van der Waals surface area contributed by atoms with Gasteiger partial charge in [-0.05, 0) is 41.1 Å². The summed E-state index contributed by atoms with van der Waals surface area (Å²) in [5.74, 6) is 0.229. The average molecular weight is 302 g/mol. The number of anilines is 1. The van der Waals surface area contributed by atoms with Crippen LogP contribution in [0, 0.1) is 18.6 Å². The van der Waals surface area contributed by atoms with E-state index in [1.165, 1.54) is 6.07 Å². The lowest BCUT2D eigenvalue weighted by Gasteiger charge is -2.08. The maximum atomic E-state index is 13.5. The van der Waals surface area contributed by atoms with Crippen LogP contribution in [0.1, 0.15) is 11.5 Å². The van der Waals surface area contributed by atoms with Gasteiger partial charge in [0.15, 0.2) is 0 Å². The van der Waals surface area contributed by atoms with Crippen molar-refractivity contribution < 1.29 is 13.2 Å². The summed E-state index contributed by atoms with van der Waals surface area (Å²) < 4.78 is 32.0. The van der Waals surface area contributed by atoms with Crippen LogP contribution >= 0.6 is 15.9 Å². The van der Waals surface area contributed by atoms with Crippen LogP contribution in [0.2, 0.25) is 0 Å². The van der Waals surface area contributed by atoms with Crippen LogP contribution < -0.4 is 5.32 Å². The molecule has 0 radical (unpaired) electrons. The smallest absolute Gasteiger partial charge is 0.150 e. The molecule has 17 heavy (non-hydrogen) atoms. The fourth-order valence-electron chi connectivity index (χ4n) is 1.47. The normalized spacial score (nSPS) is 10.6. The van der Waals surface area contributed by atoms with Crippen LogP contribution in [0.15, 0.2) is 33.2 Å². The van der Waals surface area contributed by atoms with Gasteiger partial charge in [-0.1, -0.05) is 0 Å². The highest BCUT2D eigenvalue weighted by molar-refractivity contribution is 9.10. The number of hydrogen-bond donors (Lipinski definition) is 1. The summed E-state index contributed by atoms with van der Waals surface area (Å²) in [5, 5.41) is 2.86. The molecule has 0 bridgehead atoms. The summed E-state index contributed by atoms with van der Waals surface area (Å²) in [7, 11) is 0. The summed E-state index contributed by atoms with van der Waals surface area (Å²) in [6.07, 6.45) is 0. The predicted molar refractivity (Wildman–Crippen MR) is 64.8 cm³/mol. The molecule has 0 atom stereocenters. The molecule has 0 spiro atoms. The van der Waals surface area contributed by atoms with Crippen LogP contribution in [0.3, 0.4) is 0 Å². The standard InChI is InChI=1S/C12H10BrF2NO/c1-7-2-3-9(17-7)6-16-12-10(13)4-8(14)5-11(12)15/h2-5,16H,6H2,1H3. The van der Waals surface area contributed by atoms with E-state index in [0.29, 0.717) is 16.8 Å². The SMILES string of the molecule is Cc1ccc(CNc2c(F)cc(F)cc2Br)o1. The molecule has 0 saturated carbocycles. The maximum absolute atomic E-state index is 13.5. The second-order valence-electron chi connectivity index (χ2n) is 3.61. The zero-order valence-corrected chi connectivity index (χ0v) is 10.6. The Hall–Kier alpha value is -1.36. The highest BCUT2D eigenvalue weighted by Gasteiger charge is 2.09. The monoisotopic (exact) mass is 301 g/mol. The summed E-state index contributed by atoms with van der Waals surface area (Å²) in [6, 6.07) is 5.67. The lowest BCUT2D eigenvalue weighted by molar-refractivity contribution is 0.490. The van der Waals surface area contributed by atoms with Gasteiger partial charge in [-0.2, -0.15) is 0 Å². The molecule has 0 aliphatic carbocycles. The first-order chi connectivity index (χ1) is 8.06. The fraction of sp³-hybridized carbons (Fsp3) is 0.167. The third-order valence-corrected chi connectivity index (χ3v) is 2.87. The van der Waals surface area contributed by atoms with Crippen LogP contribution in [-0.4, -0.2) is 0 Å². The van der Waals surface area contributed by atoms with Crippen molar-refractivity contribution in [2.45, 2.75) is 13.5 Å². The highest BCUT2D eigenvalue weighted by Crippen LogP contribution is 2.27. The lowest BCUT2D eigenvalue weighted by Crippen LogP contribution is -2.02. The van der Waals surface area contributed by atoms with Crippen LogP contribution in [0.25, 0.3) is 0 Å². The molecule has 2 nitrogen and oxygen atoms in total. The molecule has 2 rings (SSSR count). The number of hydrogen-bond acceptors (Lipinski definition) is 2. The quantitative estimate of drug-likeness (QED) is 0.917. The third kappa shape index (κ3) is 2.85. The molecule has 90 valence electrons. The molecule has 2 aromatic rings. The Bertz CT molecular complexity index is 516. The summed E-state index contributed by atoms with van der Waals surface area (Å²) >= 11 is 3.10. The van der Waals surface area contributed by atoms with Crippen LogP contribution in [0.4, 0.5) is 14.5 Å². The number of furan rings is 1. The van der Waals surface area contributed by atoms with E-state index >= 15 is 0 Å². The molecular weight excluding hydrogens is 292 g/mol. The number of aryl methyl sites for hydroxylation is 1. The average Bonchev–Trinajstić information content (AvgIpc) is 2.62. The molecule has 0 unspecified atom stereocenters. The van der Waals surface area contributed by atoms with Gasteiger partial charge in [0.1, 0.15) is 23.2 Å². The van der Waals surface area contributed by atoms with E-state index in [1.54, 1.807) is 6.07 Å². The van der Waals surface area contributed by atoms with Gasteiger partial charge in [-0.25, -0.2) is 8.78 Å². The van der Waals surface area contributed by atoms with Gasteiger partial charge >= 0.3 is 0 Å². The van der Waals surface area contributed by atoms with Crippen LogP contribution in [0.5, 0.6) is 0 Å². The Kier molecular flexibility index (Phi) is 3.47. The molecule has 0 aliphatic heterocycles. The Labute approximate surface area is 106 Å². The first-order valence-electron chi connectivity index (χ1n) is 5.00. The van der Waals surface area contributed by atoms with E-state index in [2.05, 4.69) is 21.2 Å². The maximum Gasteiger partial charge on any atom is 0.150 e. The largest absolute Gasteiger partial charge is 0.465 e. The first-order valence-corrected chi connectivity index (χ1v) is 5.79. The minimum atomic E-state index is -0.639. The number of rotatable bonds is 3.